The van der Waals surface area contributed by atoms with Crippen molar-refractivity contribution >= 4 is 23.0 Å². The number of nitrogen functional groups attached to an aromatic ring is 1. The minimum Gasteiger partial charge on any atom is -0.393 e. The molecule has 0 saturated carbocycles. The van der Waals surface area contributed by atoms with Crippen LogP contribution in [0.5, 0.6) is 0 Å². The molecule has 3 N–H and O–H groups in total. The third-order valence-electron chi connectivity index (χ3n) is 5.05. The zero-order valence-electron chi connectivity index (χ0n) is 15.9. The van der Waals surface area contributed by atoms with Gasteiger partial charge in [0.15, 0.2) is 0 Å². The molecule has 0 spiro atoms. The fraction of sp³-hybridized carbons (Fsp3) is 0.350. The zero-order chi connectivity index (χ0) is 20.1. The highest BCUT2D eigenvalue weighted by Gasteiger charge is 2.19. The number of piperazine rings is 1. The number of hydrogen-bond acceptors (Lipinski definition) is 6. The first-order valence-electron chi connectivity index (χ1n) is 9.28. The second-order valence-corrected chi connectivity index (χ2v) is 7.04. The highest BCUT2D eigenvalue weighted by atomic mass is 16.6. The molecule has 8 nitrogen and oxygen atoms in total. The second-order valence-electron chi connectivity index (χ2n) is 7.04. The molecule has 1 heterocycles. The van der Waals surface area contributed by atoms with Gasteiger partial charge in [-0.3, -0.25) is 14.9 Å². The molecule has 1 amide bonds. The SMILES string of the molecule is CN1CCN(CCc2ccc(NC(=O)c3cccc([N+](=O)[O-])c3N)cc2)CC1. The summed E-state index contributed by atoms with van der Waals surface area (Å²) in [5.41, 5.74) is 7.29. The van der Waals surface area contributed by atoms with Gasteiger partial charge in [0.05, 0.1) is 10.5 Å². The molecule has 0 aliphatic carbocycles. The summed E-state index contributed by atoms with van der Waals surface area (Å²) < 4.78 is 0. The van der Waals surface area contributed by atoms with Crippen molar-refractivity contribution in [2.24, 2.45) is 0 Å². The van der Waals surface area contributed by atoms with Gasteiger partial charge in [0.25, 0.3) is 11.6 Å². The Morgan fingerprint density at radius 2 is 1.82 bits per heavy atom. The number of hydrogen-bond donors (Lipinski definition) is 2. The summed E-state index contributed by atoms with van der Waals surface area (Å²) in [7, 11) is 2.14. The van der Waals surface area contributed by atoms with Crippen molar-refractivity contribution in [3.05, 3.63) is 63.7 Å². The number of rotatable bonds is 6. The molecule has 1 aliphatic heterocycles. The highest BCUT2D eigenvalue weighted by molar-refractivity contribution is 6.08. The van der Waals surface area contributed by atoms with Crippen LogP contribution in [0, 0.1) is 10.1 Å². The van der Waals surface area contributed by atoms with Crippen LogP contribution in [0.15, 0.2) is 42.5 Å². The van der Waals surface area contributed by atoms with Gasteiger partial charge in [-0.2, -0.15) is 0 Å². The first kappa shape index (κ1) is 19.8. The fourth-order valence-electron chi connectivity index (χ4n) is 3.22. The van der Waals surface area contributed by atoms with Crippen LogP contribution in [0.1, 0.15) is 15.9 Å². The molecule has 0 aromatic heterocycles. The van der Waals surface area contributed by atoms with Crippen molar-refractivity contribution in [2.45, 2.75) is 6.42 Å². The summed E-state index contributed by atoms with van der Waals surface area (Å²) in [4.78, 5) is 27.6. The van der Waals surface area contributed by atoms with Crippen LogP contribution in [0.2, 0.25) is 0 Å². The van der Waals surface area contributed by atoms with Gasteiger partial charge in [-0.15, -0.1) is 0 Å². The Balaban J connectivity index is 1.57. The first-order valence-corrected chi connectivity index (χ1v) is 9.28. The number of amides is 1. The van der Waals surface area contributed by atoms with E-state index in [-0.39, 0.29) is 16.9 Å². The molecule has 1 aliphatic rings. The summed E-state index contributed by atoms with van der Waals surface area (Å²) in [5, 5.41) is 13.7. The largest absolute Gasteiger partial charge is 0.393 e. The first-order chi connectivity index (χ1) is 13.4. The number of nitro groups is 1. The molecular formula is C20H25N5O3. The molecule has 8 heteroatoms. The Hall–Kier alpha value is -2.97. The maximum Gasteiger partial charge on any atom is 0.292 e. The number of nitrogens with two attached hydrogens (primary N) is 1. The van der Waals surface area contributed by atoms with Crippen LogP contribution in [0.3, 0.4) is 0 Å². The van der Waals surface area contributed by atoms with E-state index in [2.05, 4.69) is 22.2 Å². The summed E-state index contributed by atoms with van der Waals surface area (Å²) in [6, 6.07) is 11.9. The smallest absolute Gasteiger partial charge is 0.292 e. The molecule has 0 unspecified atom stereocenters. The lowest BCUT2D eigenvalue weighted by Crippen LogP contribution is -2.45. The van der Waals surface area contributed by atoms with E-state index in [9.17, 15) is 14.9 Å². The Bertz CT molecular complexity index is 845. The van der Waals surface area contributed by atoms with Crippen LogP contribution >= 0.6 is 0 Å². The van der Waals surface area contributed by atoms with Gasteiger partial charge in [-0.25, -0.2) is 0 Å². The number of nitrogens with zero attached hydrogens (tertiary/aromatic N) is 3. The predicted molar refractivity (Wildman–Crippen MR) is 110 cm³/mol. The summed E-state index contributed by atoms with van der Waals surface area (Å²) >= 11 is 0. The topological polar surface area (TPSA) is 105 Å². The molecule has 0 atom stereocenters. The highest BCUT2D eigenvalue weighted by Crippen LogP contribution is 2.25. The van der Waals surface area contributed by atoms with E-state index < -0.39 is 10.8 Å². The van der Waals surface area contributed by atoms with Gasteiger partial charge in [0.1, 0.15) is 5.69 Å². The van der Waals surface area contributed by atoms with Gasteiger partial charge < -0.3 is 20.9 Å². The fourth-order valence-corrected chi connectivity index (χ4v) is 3.22. The number of carbonyl (C=O) groups is 1. The maximum absolute atomic E-state index is 12.4. The lowest BCUT2D eigenvalue weighted by Gasteiger charge is -2.32. The summed E-state index contributed by atoms with van der Waals surface area (Å²) in [6.07, 6.45) is 0.954. The lowest BCUT2D eigenvalue weighted by molar-refractivity contribution is -0.383. The monoisotopic (exact) mass is 383 g/mol. The Labute approximate surface area is 164 Å². The predicted octanol–water partition coefficient (Wildman–Crippen LogP) is 2.22. The number of para-hydroxylation sites is 1. The van der Waals surface area contributed by atoms with Crippen LogP contribution < -0.4 is 11.1 Å². The van der Waals surface area contributed by atoms with E-state index in [1.54, 1.807) is 0 Å². The molecule has 3 rings (SSSR count). The van der Waals surface area contributed by atoms with Crippen molar-refractivity contribution in [3.8, 4) is 0 Å². The van der Waals surface area contributed by atoms with Crippen molar-refractivity contribution in [1.82, 2.24) is 9.80 Å². The molecule has 148 valence electrons. The minimum atomic E-state index is -0.596. The van der Waals surface area contributed by atoms with Crippen molar-refractivity contribution in [2.75, 3.05) is 50.8 Å². The third kappa shape index (κ3) is 4.85. The van der Waals surface area contributed by atoms with Gasteiger partial charge in [-0.1, -0.05) is 18.2 Å². The second kappa shape index (κ2) is 8.81. The minimum absolute atomic E-state index is 0.0911. The normalized spacial score (nSPS) is 15.3. The number of likely N-dealkylation sites (N-methyl/N-ethyl adjacent to an activating group) is 1. The molecular weight excluding hydrogens is 358 g/mol. The Morgan fingerprint density at radius 3 is 2.46 bits per heavy atom. The number of carbonyl (C=O) groups excluding carboxylic acids is 1. The van der Waals surface area contributed by atoms with Crippen LogP contribution in [-0.2, 0) is 6.42 Å². The van der Waals surface area contributed by atoms with Crippen molar-refractivity contribution in [1.29, 1.82) is 0 Å². The Kier molecular flexibility index (Phi) is 6.23. The summed E-state index contributed by atoms with van der Waals surface area (Å²) in [5.74, 6) is -0.466. The van der Waals surface area contributed by atoms with Gasteiger partial charge in [0.2, 0.25) is 0 Å². The van der Waals surface area contributed by atoms with Gasteiger partial charge in [0, 0.05) is 44.5 Å². The molecule has 1 fully saturated rings. The maximum atomic E-state index is 12.4. The number of nitrogens with one attached hydrogen (secondary N) is 1. The van der Waals surface area contributed by atoms with Crippen LogP contribution in [-0.4, -0.2) is 60.4 Å². The zero-order valence-corrected chi connectivity index (χ0v) is 15.9. The summed E-state index contributed by atoms with van der Waals surface area (Å²) in [6.45, 7) is 5.41. The van der Waals surface area contributed by atoms with E-state index in [4.69, 9.17) is 5.73 Å². The van der Waals surface area contributed by atoms with E-state index >= 15 is 0 Å². The van der Waals surface area contributed by atoms with E-state index in [0.29, 0.717) is 5.69 Å². The molecule has 1 saturated heterocycles. The van der Waals surface area contributed by atoms with Crippen molar-refractivity contribution < 1.29 is 9.72 Å². The lowest BCUT2D eigenvalue weighted by atomic mass is 10.1. The number of anilines is 2. The molecule has 28 heavy (non-hydrogen) atoms. The average Bonchev–Trinajstić information content (AvgIpc) is 2.68. The van der Waals surface area contributed by atoms with Crippen LogP contribution in [0.4, 0.5) is 17.1 Å². The quantitative estimate of drug-likeness (QED) is 0.450. The molecule has 0 radical (unpaired) electrons. The molecule has 0 bridgehead atoms. The van der Waals surface area contributed by atoms with E-state index in [0.717, 1.165) is 39.1 Å². The molecule has 2 aromatic carbocycles. The number of nitro benzene ring substituents is 1. The van der Waals surface area contributed by atoms with Crippen molar-refractivity contribution in [3.63, 3.8) is 0 Å². The van der Waals surface area contributed by atoms with E-state index in [1.807, 2.05) is 24.3 Å². The van der Waals surface area contributed by atoms with Gasteiger partial charge in [-0.05, 0) is 37.2 Å². The third-order valence-corrected chi connectivity index (χ3v) is 5.05. The average molecular weight is 383 g/mol. The standard InChI is InChI=1S/C20H25N5O3/c1-23-11-13-24(14-12-23)10-9-15-5-7-16(8-6-15)22-20(26)17-3-2-4-18(19(17)21)25(27)28/h2-8H,9-14,21H2,1H3,(H,22,26). The molecule has 2 aromatic rings. The van der Waals surface area contributed by atoms with E-state index in [1.165, 1.54) is 23.8 Å². The number of benzene rings is 2. The van der Waals surface area contributed by atoms with Gasteiger partial charge >= 0.3 is 0 Å². The Morgan fingerprint density at radius 1 is 1.14 bits per heavy atom. The van der Waals surface area contributed by atoms with Crippen LogP contribution in [0.25, 0.3) is 0 Å².